The van der Waals surface area contributed by atoms with Crippen LogP contribution in [-0.2, 0) is 9.59 Å². The summed E-state index contributed by atoms with van der Waals surface area (Å²) in [5, 5.41) is 9.92. The maximum Gasteiger partial charge on any atom is 0.320 e. The van der Waals surface area contributed by atoms with E-state index in [-0.39, 0.29) is 6.42 Å². The lowest BCUT2D eigenvalue weighted by atomic mass is 10.0. The summed E-state index contributed by atoms with van der Waals surface area (Å²) >= 11 is 0. The average molecular weight is 647 g/mol. The van der Waals surface area contributed by atoms with E-state index in [1.807, 2.05) is 0 Å². The van der Waals surface area contributed by atoms with Crippen molar-refractivity contribution in [3.8, 4) is 0 Å². The van der Waals surface area contributed by atoms with Gasteiger partial charge in [0, 0.05) is 6.42 Å². The molecule has 5 nitrogen and oxygen atoms in total. The molecular weight excluding hydrogens is 568 g/mol. The highest BCUT2D eigenvalue weighted by Crippen LogP contribution is 2.16. The van der Waals surface area contributed by atoms with Crippen LogP contribution in [0.15, 0.2) is 24.3 Å². The van der Waals surface area contributed by atoms with Crippen LogP contribution >= 0.6 is 0 Å². The lowest BCUT2D eigenvalue weighted by molar-refractivity contribution is -0.143. The zero-order valence-corrected chi connectivity index (χ0v) is 30.8. The van der Waals surface area contributed by atoms with Gasteiger partial charge in [0.15, 0.2) is 0 Å². The summed E-state index contributed by atoms with van der Waals surface area (Å²) in [6.45, 7) is 6.13. The van der Waals surface area contributed by atoms with E-state index in [0.29, 0.717) is 6.42 Å². The van der Waals surface area contributed by atoms with E-state index in [1.54, 1.807) is 0 Å². The highest BCUT2D eigenvalue weighted by Gasteiger charge is 2.25. The maximum absolute atomic E-state index is 12.1. The Kier molecular flexibility index (Phi) is 34.9. The summed E-state index contributed by atoms with van der Waals surface area (Å²) in [5.74, 6) is -1.24. The van der Waals surface area contributed by atoms with Crippen LogP contribution in [0, 0.1) is 0 Å². The first kappa shape index (κ1) is 44.4. The number of carboxylic acids is 1. The fourth-order valence-corrected chi connectivity index (χ4v) is 6.29. The van der Waals surface area contributed by atoms with Crippen LogP contribution < -0.4 is 5.73 Å². The van der Waals surface area contributed by atoms with Gasteiger partial charge in [0.25, 0.3) is 0 Å². The molecule has 0 rings (SSSR count). The summed E-state index contributed by atoms with van der Waals surface area (Å²) < 4.78 is 0. The molecule has 0 spiro atoms. The van der Waals surface area contributed by atoms with Crippen molar-refractivity contribution in [2.45, 2.75) is 213 Å². The van der Waals surface area contributed by atoms with Gasteiger partial charge in [-0.05, 0) is 83.7 Å². The number of hydrogen-bond acceptors (Lipinski definition) is 3. The third-order valence-corrected chi connectivity index (χ3v) is 9.30. The van der Waals surface area contributed by atoms with Crippen molar-refractivity contribution < 1.29 is 14.7 Å². The van der Waals surface area contributed by atoms with Crippen LogP contribution in [0.4, 0.5) is 0 Å². The Bertz CT molecular complexity index is 678. The summed E-state index contributed by atoms with van der Waals surface area (Å²) in [7, 11) is 0. The first-order chi connectivity index (χ1) is 22.5. The van der Waals surface area contributed by atoms with Crippen LogP contribution in [0.25, 0.3) is 0 Å². The van der Waals surface area contributed by atoms with Gasteiger partial charge in [-0.1, -0.05) is 154 Å². The van der Waals surface area contributed by atoms with Crippen molar-refractivity contribution in [2.24, 2.45) is 5.73 Å². The fourth-order valence-electron chi connectivity index (χ4n) is 6.29. The highest BCUT2D eigenvalue weighted by molar-refractivity contribution is 5.77. The molecule has 0 heterocycles. The second-order valence-electron chi connectivity index (χ2n) is 13.8. The number of carbonyl (C=O) groups excluding carboxylic acids is 1. The van der Waals surface area contributed by atoms with Gasteiger partial charge in [0.2, 0.25) is 5.91 Å². The third kappa shape index (κ3) is 32.3. The number of unbranched alkanes of at least 4 members (excludes halogenated alkanes) is 24. The Labute approximate surface area is 286 Å². The maximum atomic E-state index is 12.1. The Balaban J connectivity index is 4.09. The molecule has 0 aromatic rings. The third-order valence-electron chi connectivity index (χ3n) is 9.30. The molecule has 46 heavy (non-hydrogen) atoms. The Morgan fingerprint density at radius 3 is 1.13 bits per heavy atom. The molecule has 0 fully saturated rings. The molecule has 0 aliphatic carbocycles. The van der Waals surface area contributed by atoms with E-state index < -0.39 is 17.9 Å². The number of aliphatic carboxylic acids is 1. The minimum atomic E-state index is -0.824. The zero-order chi connectivity index (χ0) is 33.8. The number of nitrogens with zero attached hydrogens (tertiary/aromatic N) is 1. The minimum Gasteiger partial charge on any atom is -0.480 e. The number of hydrogen-bond donors (Lipinski definition) is 2. The largest absolute Gasteiger partial charge is 0.480 e. The summed E-state index contributed by atoms with van der Waals surface area (Å²) in [5.41, 5.74) is 5.36. The topological polar surface area (TPSA) is 83.6 Å². The second-order valence-corrected chi connectivity index (χ2v) is 13.8. The van der Waals surface area contributed by atoms with E-state index in [2.05, 4.69) is 43.1 Å². The van der Waals surface area contributed by atoms with E-state index >= 15 is 0 Å². The van der Waals surface area contributed by atoms with E-state index in [1.165, 1.54) is 154 Å². The number of primary amides is 1. The summed E-state index contributed by atoms with van der Waals surface area (Å²) in [4.78, 5) is 25.6. The molecule has 0 bridgehead atoms. The van der Waals surface area contributed by atoms with Gasteiger partial charge < -0.3 is 10.8 Å². The molecule has 1 atom stereocenters. The van der Waals surface area contributed by atoms with E-state index in [9.17, 15) is 14.7 Å². The number of nitrogens with two attached hydrogens (primary N) is 1. The Hall–Kier alpha value is -1.62. The molecule has 1 amide bonds. The van der Waals surface area contributed by atoms with Crippen molar-refractivity contribution in [2.75, 3.05) is 13.1 Å². The first-order valence-electron chi connectivity index (χ1n) is 20.1. The van der Waals surface area contributed by atoms with Gasteiger partial charge in [0.05, 0.1) is 0 Å². The molecular formula is C41H78N2O3. The SMILES string of the molecule is CCCCCCCC/C=C\CCCCCCCCN(CCCCCCCC/C=C\CCCCCCCC)[C@@H](CCC(N)=O)C(=O)O. The molecule has 3 N–H and O–H groups in total. The predicted molar refractivity (Wildman–Crippen MR) is 200 cm³/mol. The van der Waals surface area contributed by atoms with Crippen molar-refractivity contribution in [3.05, 3.63) is 24.3 Å². The van der Waals surface area contributed by atoms with E-state index in [4.69, 9.17) is 5.73 Å². The average Bonchev–Trinajstić information content (AvgIpc) is 3.03. The monoisotopic (exact) mass is 647 g/mol. The summed E-state index contributed by atoms with van der Waals surface area (Å²) in [6.07, 6.45) is 45.5. The Morgan fingerprint density at radius 1 is 0.522 bits per heavy atom. The second kappa shape index (κ2) is 36.2. The fraction of sp³-hybridized carbons (Fsp3) is 0.854. The van der Waals surface area contributed by atoms with Gasteiger partial charge >= 0.3 is 5.97 Å². The predicted octanol–water partition coefficient (Wildman–Crippen LogP) is 12.1. The van der Waals surface area contributed by atoms with Crippen LogP contribution in [0.5, 0.6) is 0 Å². The molecule has 0 aromatic carbocycles. The van der Waals surface area contributed by atoms with Crippen molar-refractivity contribution in [1.82, 2.24) is 4.90 Å². The molecule has 5 heteroatoms. The number of carbonyl (C=O) groups is 2. The molecule has 0 aliphatic rings. The molecule has 0 aromatic heterocycles. The first-order valence-corrected chi connectivity index (χ1v) is 20.1. The number of allylic oxidation sites excluding steroid dienone is 4. The van der Waals surface area contributed by atoms with Crippen molar-refractivity contribution in [1.29, 1.82) is 0 Å². The molecule has 270 valence electrons. The highest BCUT2D eigenvalue weighted by atomic mass is 16.4. The van der Waals surface area contributed by atoms with Gasteiger partial charge in [-0.3, -0.25) is 14.5 Å². The number of rotatable bonds is 37. The quantitative estimate of drug-likeness (QED) is 0.0519. The smallest absolute Gasteiger partial charge is 0.320 e. The van der Waals surface area contributed by atoms with Crippen molar-refractivity contribution >= 4 is 11.9 Å². The summed E-state index contributed by atoms with van der Waals surface area (Å²) in [6, 6.07) is -0.612. The number of amides is 1. The minimum absolute atomic E-state index is 0.133. The van der Waals surface area contributed by atoms with Crippen molar-refractivity contribution in [3.63, 3.8) is 0 Å². The standard InChI is InChI=1S/C41H78N2O3/c1-3-5-7-9-11-13-15-17-19-21-23-25-27-29-31-33-37-43(39(41(45)46)35-36-40(42)44)38-34-32-30-28-26-24-22-20-18-16-14-12-10-8-6-4-2/h17-20,39H,3-16,21-38H2,1-2H3,(H2,42,44)(H,45,46)/b19-17-,20-18-/t39-/m0/s1. The van der Waals surface area contributed by atoms with Gasteiger partial charge in [-0.25, -0.2) is 0 Å². The van der Waals surface area contributed by atoms with Crippen LogP contribution in [0.2, 0.25) is 0 Å². The molecule has 0 aliphatic heterocycles. The molecule has 0 unspecified atom stereocenters. The molecule has 0 radical (unpaired) electrons. The Morgan fingerprint density at radius 2 is 0.826 bits per heavy atom. The number of carboxylic acid groups (broad SMARTS) is 1. The van der Waals surface area contributed by atoms with Crippen LogP contribution in [-0.4, -0.2) is 41.0 Å². The van der Waals surface area contributed by atoms with Gasteiger partial charge in [0.1, 0.15) is 6.04 Å². The van der Waals surface area contributed by atoms with Gasteiger partial charge in [-0.2, -0.15) is 0 Å². The lowest BCUT2D eigenvalue weighted by Gasteiger charge is -2.29. The van der Waals surface area contributed by atoms with Gasteiger partial charge in [-0.15, -0.1) is 0 Å². The molecule has 0 saturated carbocycles. The van der Waals surface area contributed by atoms with E-state index in [0.717, 1.165) is 38.8 Å². The molecule has 0 saturated heterocycles. The zero-order valence-electron chi connectivity index (χ0n) is 30.8. The normalized spacial score (nSPS) is 12.6. The van der Waals surface area contributed by atoms with Crippen LogP contribution in [0.1, 0.15) is 206 Å². The van der Waals surface area contributed by atoms with Crippen LogP contribution in [0.3, 0.4) is 0 Å². The lowest BCUT2D eigenvalue weighted by Crippen LogP contribution is -2.43.